The molecule has 100 valence electrons. The fourth-order valence-electron chi connectivity index (χ4n) is 1.22. The highest BCUT2D eigenvalue weighted by Gasteiger charge is 2.24. The second kappa shape index (κ2) is 6.01. The van der Waals surface area contributed by atoms with E-state index < -0.39 is 24.1 Å². The molecule has 0 aliphatic heterocycles. The van der Waals surface area contributed by atoms with Crippen molar-refractivity contribution in [3.05, 3.63) is 17.8 Å². The van der Waals surface area contributed by atoms with Crippen LogP contribution in [0.15, 0.2) is 10.6 Å². The average molecular weight is 257 g/mol. The summed E-state index contributed by atoms with van der Waals surface area (Å²) < 4.78 is 5.11. The molecule has 1 aromatic heterocycles. The highest BCUT2D eigenvalue weighted by molar-refractivity contribution is 5.82. The molecule has 0 spiro atoms. The Hall–Kier alpha value is -2.09. The molecular weight excluding hydrogens is 242 g/mol. The lowest BCUT2D eigenvalue weighted by Crippen LogP contribution is -2.50. The number of aliphatic hydroxyl groups is 1. The Balaban J connectivity index is 2.43. The summed E-state index contributed by atoms with van der Waals surface area (Å²) in [7, 11) is 0. The Morgan fingerprint density at radius 1 is 1.56 bits per heavy atom. The van der Waals surface area contributed by atoms with Gasteiger partial charge in [0, 0.05) is 0 Å². The van der Waals surface area contributed by atoms with Crippen LogP contribution in [0.25, 0.3) is 0 Å². The van der Waals surface area contributed by atoms with Crippen molar-refractivity contribution in [2.24, 2.45) is 0 Å². The third-order valence-corrected chi connectivity index (χ3v) is 2.10. The molecule has 0 unspecified atom stereocenters. The van der Waals surface area contributed by atoms with Gasteiger partial charge in [-0.1, -0.05) is 0 Å². The number of hydrogen-bond acceptors (Lipinski definition) is 5. The molecule has 0 radical (unpaired) electrons. The van der Waals surface area contributed by atoms with Gasteiger partial charge in [0.15, 0.2) is 6.04 Å². The van der Waals surface area contributed by atoms with Gasteiger partial charge in [0.25, 0.3) is 0 Å². The molecular formula is C10H15N3O5. The van der Waals surface area contributed by atoms with Gasteiger partial charge in [-0.3, -0.25) is 0 Å². The molecule has 0 bridgehead atoms. The highest BCUT2D eigenvalue weighted by Crippen LogP contribution is 2.00. The summed E-state index contributed by atoms with van der Waals surface area (Å²) >= 11 is 0. The van der Waals surface area contributed by atoms with Crippen molar-refractivity contribution in [2.75, 3.05) is 0 Å². The lowest BCUT2D eigenvalue weighted by molar-refractivity contribution is -0.141. The summed E-state index contributed by atoms with van der Waals surface area (Å²) in [6.45, 7) is 3.02. The van der Waals surface area contributed by atoms with Gasteiger partial charge >= 0.3 is 12.0 Å². The largest absolute Gasteiger partial charge is 0.480 e. The number of nitrogens with zero attached hydrogens (tertiary/aromatic N) is 1. The second-order valence-electron chi connectivity index (χ2n) is 3.75. The first-order valence-corrected chi connectivity index (χ1v) is 5.26. The van der Waals surface area contributed by atoms with Gasteiger partial charge in [-0.15, -0.1) is 0 Å². The molecule has 8 nitrogen and oxygen atoms in total. The van der Waals surface area contributed by atoms with E-state index in [4.69, 9.17) is 14.6 Å². The number of amides is 2. The van der Waals surface area contributed by atoms with E-state index in [1.54, 1.807) is 6.92 Å². The van der Waals surface area contributed by atoms with Crippen molar-refractivity contribution in [3.63, 3.8) is 0 Å². The van der Waals surface area contributed by atoms with Crippen LogP contribution in [0.2, 0.25) is 0 Å². The van der Waals surface area contributed by atoms with E-state index in [0.717, 1.165) is 0 Å². The van der Waals surface area contributed by atoms with E-state index in [9.17, 15) is 9.59 Å². The number of nitrogens with one attached hydrogen (secondary N) is 2. The van der Waals surface area contributed by atoms with Crippen molar-refractivity contribution < 1.29 is 24.2 Å². The number of aliphatic carboxylic acids is 1. The number of rotatable bonds is 5. The lowest BCUT2D eigenvalue weighted by atomic mass is 10.2. The van der Waals surface area contributed by atoms with Crippen LogP contribution in [-0.4, -0.2) is 39.3 Å². The standard InChI is InChI=1S/C10H15N3O5/c1-5-3-11-7(18-5)4-12-10(17)13-8(6(2)14)9(15)16/h3,6,8,14H,4H2,1-2H3,(H,15,16)(H2,12,13,17)/t6-,8+/m1/s1. The van der Waals surface area contributed by atoms with E-state index in [2.05, 4.69) is 15.6 Å². The summed E-state index contributed by atoms with van der Waals surface area (Å²) in [5.41, 5.74) is 0. The third-order valence-electron chi connectivity index (χ3n) is 2.10. The second-order valence-corrected chi connectivity index (χ2v) is 3.75. The van der Waals surface area contributed by atoms with Crippen LogP contribution < -0.4 is 10.6 Å². The Kier molecular flexibility index (Phi) is 4.67. The van der Waals surface area contributed by atoms with Crippen LogP contribution in [0, 0.1) is 6.92 Å². The molecule has 0 fully saturated rings. The lowest BCUT2D eigenvalue weighted by Gasteiger charge is -2.16. The molecule has 4 N–H and O–H groups in total. The average Bonchev–Trinajstić information content (AvgIpc) is 2.68. The van der Waals surface area contributed by atoms with Crippen LogP contribution in [0.5, 0.6) is 0 Å². The molecule has 0 aromatic carbocycles. The van der Waals surface area contributed by atoms with Gasteiger partial charge in [-0.2, -0.15) is 0 Å². The number of carboxylic acid groups (broad SMARTS) is 1. The quantitative estimate of drug-likeness (QED) is 0.569. The predicted octanol–water partition coefficient (Wildman–Crippen LogP) is -0.384. The summed E-state index contributed by atoms with van der Waals surface area (Å²) in [5.74, 6) is -0.390. The maximum absolute atomic E-state index is 11.4. The van der Waals surface area contributed by atoms with Gasteiger partial charge < -0.3 is 25.3 Å². The van der Waals surface area contributed by atoms with Crippen molar-refractivity contribution in [1.29, 1.82) is 0 Å². The van der Waals surface area contributed by atoms with Crippen molar-refractivity contribution in [2.45, 2.75) is 32.5 Å². The predicted molar refractivity (Wildman–Crippen MR) is 59.7 cm³/mol. The molecule has 0 aliphatic carbocycles. The zero-order valence-corrected chi connectivity index (χ0v) is 10.0. The van der Waals surface area contributed by atoms with E-state index in [1.165, 1.54) is 13.1 Å². The summed E-state index contributed by atoms with van der Waals surface area (Å²) in [6.07, 6.45) is 0.308. The van der Waals surface area contributed by atoms with Crippen molar-refractivity contribution in [3.8, 4) is 0 Å². The first-order valence-electron chi connectivity index (χ1n) is 5.26. The normalized spacial score (nSPS) is 13.7. The number of oxazole rings is 1. The van der Waals surface area contributed by atoms with E-state index in [1.807, 2.05) is 0 Å². The first kappa shape index (κ1) is 14.0. The molecule has 8 heteroatoms. The fourth-order valence-corrected chi connectivity index (χ4v) is 1.22. The zero-order chi connectivity index (χ0) is 13.7. The van der Waals surface area contributed by atoms with Crippen LogP contribution in [0.4, 0.5) is 4.79 Å². The van der Waals surface area contributed by atoms with E-state index in [-0.39, 0.29) is 6.54 Å². The number of aromatic nitrogens is 1. The Bertz CT molecular complexity index is 429. The van der Waals surface area contributed by atoms with Gasteiger partial charge in [-0.05, 0) is 13.8 Å². The number of carbonyl (C=O) groups excluding carboxylic acids is 1. The van der Waals surface area contributed by atoms with Gasteiger partial charge in [0.05, 0.1) is 18.8 Å². The van der Waals surface area contributed by atoms with Crippen LogP contribution >= 0.6 is 0 Å². The smallest absolute Gasteiger partial charge is 0.328 e. The maximum Gasteiger partial charge on any atom is 0.328 e. The summed E-state index contributed by atoms with van der Waals surface area (Å²) in [6, 6.07) is -2.09. The molecule has 0 saturated heterocycles. The minimum absolute atomic E-state index is 0.0336. The van der Waals surface area contributed by atoms with Crippen LogP contribution in [-0.2, 0) is 11.3 Å². The van der Waals surface area contributed by atoms with Crippen LogP contribution in [0.3, 0.4) is 0 Å². The maximum atomic E-state index is 11.4. The molecule has 1 aromatic rings. The molecule has 1 heterocycles. The molecule has 2 amide bonds. The number of carboxylic acids is 1. The SMILES string of the molecule is Cc1cnc(CNC(=O)N[C@H](C(=O)O)[C@@H](C)O)o1. The minimum Gasteiger partial charge on any atom is -0.480 e. The topological polar surface area (TPSA) is 125 Å². The zero-order valence-electron chi connectivity index (χ0n) is 10.0. The molecule has 2 atom stereocenters. The monoisotopic (exact) mass is 257 g/mol. The molecule has 1 rings (SSSR count). The highest BCUT2D eigenvalue weighted by atomic mass is 16.4. The van der Waals surface area contributed by atoms with E-state index in [0.29, 0.717) is 11.7 Å². The number of aryl methyl sites for hydroxylation is 1. The fraction of sp³-hybridized carbons (Fsp3) is 0.500. The van der Waals surface area contributed by atoms with Gasteiger partial charge in [0.2, 0.25) is 5.89 Å². The Labute approximate surface area is 103 Å². The van der Waals surface area contributed by atoms with Crippen LogP contribution in [0.1, 0.15) is 18.6 Å². The molecule has 0 saturated carbocycles. The number of aliphatic hydroxyl groups excluding tert-OH is 1. The number of hydrogen-bond donors (Lipinski definition) is 4. The first-order chi connectivity index (χ1) is 8.40. The number of carbonyl (C=O) groups is 2. The molecule has 0 aliphatic rings. The molecule has 18 heavy (non-hydrogen) atoms. The number of urea groups is 1. The summed E-state index contributed by atoms with van der Waals surface area (Å²) in [5, 5.41) is 22.4. The summed E-state index contributed by atoms with van der Waals surface area (Å²) in [4.78, 5) is 26.0. The van der Waals surface area contributed by atoms with Gasteiger partial charge in [0.1, 0.15) is 5.76 Å². The minimum atomic E-state index is -1.36. The van der Waals surface area contributed by atoms with Crippen molar-refractivity contribution in [1.82, 2.24) is 15.6 Å². The Morgan fingerprint density at radius 3 is 2.67 bits per heavy atom. The van der Waals surface area contributed by atoms with E-state index >= 15 is 0 Å². The third kappa shape index (κ3) is 4.06. The van der Waals surface area contributed by atoms with Gasteiger partial charge in [-0.25, -0.2) is 14.6 Å². The van der Waals surface area contributed by atoms with Crippen molar-refractivity contribution >= 4 is 12.0 Å². The Morgan fingerprint density at radius 2 is 2.22 bits per heavy atom.